The lowest BCUT2D eigenvalue weighted by Crippen LogP contribution is -2.38. The molecule has 11 nitrogen and oxygen atoms in total. The summed E-state index contributed by atoms with van der Waals surface area (Å²) in [5.74, 6) is -0.0205. The van der Waals surface area contributed by atoms with E-state index in [0.717, 1.165) is 30.4 Å². The zero-order valence-corrected chi connectivity index (χ0v) is 20.9. The molecule has 0 atom stereocenters. The van der Waals surface area contributed by atoms with Crippen molar-refractivity contribution in [3.63, 3.8) is 0 Å². The number of rotatable bonds is 8. The Morgan fingerprint density at radius 3 is 2.75 bits per heavy atom. The number of H-pyrrole nitrogens is 1. The predicted molar refractivity (Wildman–Crippen MR) is 132 cm³/mol. The Morgan fingerprint density at radius 2 is 2.08 bits per heavy atom. The standard InChI is InChI=1S/C24H28ClN7O4/c1-16-27-29-32(28-16)15-19-13-20(25)5-3-18(19)4-6-22(33)31-11-8-17(9-12-31)7-10-30(2)23(34)21-14-26-24(35)36-21/h3-6,13-14,17H,7-12,15H2,1-2H3,(H,26,35). The van der Waals surface area contributed by atoms with Gasteiger partial charge in [0.2, 0.25) is 11.7 Å². The molecule has 0 radical (unpaired) electrons. The first-order chi connectivity index (χ1) is 17.3. The molecule has 36 heavy (non-hydrogen) atoms. The van der Waals surface area contributed by atoms with E-state index in [1.165, 1.54) is 11.0 Å². The Morgan fingerprint density at radius 1 is 1.31 bits per heavy atom. The normalized spacial score (nSPS) is 14.5. The van der Waals surface area contributed by atoms with E-state index in [-0.39, 0.29) is 17.6 Å². The van der Waals surface area contributed by atoms with Crippen molar-refractivity contribution < 1.29 is 14.0 Å². The van der Waals surface area contributed by atoms with Gasteiger partial charge in [-0.2, -0.15) is 4.80 Å². The summed E-state index contributed by atoms with van der Waals surface area (Å²) in [4.78, 5) is 43.4. The van der Waals surface area contributed by atoms with Crippen molar-refractivity contribution in [2.24, 2.45) is 5.92 Å². The summed E-state index contributed by atoms with van der Waals surface area (Å²) >= 11 is 6.18. The molecule has 0 spiro atoms. The fourth-order valence-corrected chi connectivity index (χ4v) is 4.37. The minimum atomic E-state index is -0.646. The van der Waals surface area contributed by atoms with Crippen LogP contribution in [-0.4, -0.2) is 73.5 Å². The number of likely N-dealkylation sites (tertiary alicyclic amines) is 1. The van der Waals surface area contributed by atoms with Crippen LogP contribution in [0.1, 0.15) is 46.8 Å². The van der Waals surface area contributed by atoms with Crippen LogP contribution in [0.5, 0.6) is 0 Å². The molecule has 4 rings (SSSR count). The van der Waals surface area contributed by atoms with Crippen molar-refractivity contribution in [3.05, 3.63) is 68.8 Å². The molecule has 1 fully saturated rings. The Hall–Kier alpha value is -3.73. The zero-order valence-electron chi connectivity index (χ0n) is 20.2. The number of carbonyl (C=O) groups is 2. The lowest BCUT2D eigenvalue weighted by atomic mass is 9.93. The molecule has 3 aromatic rings. The van der Waals surface area contributed by atoms with E-state index < -0.39 is 5.76 Å². The molecule has 12 heteroatoms. The zero-order chi connectivity index (χ0) is 25.7. The summed E-state index contributed by atoms with van der Waals surface area (Å²) in [7, 11) is 1.68. The molecular formula is C24H28ClN7O4. The van der Waals surface area contributed by atoms with Gasteiger partial charge in [0.25, 0.3) is 5.91 Å². The van der Waals surface area contributed by atoms with Crippen molar-refractivity contribution in [2.75, 3.05) is 26.7 Å². The van der Waals surface area contributed by atoms with Crippen LogP contribution in [-0.2, 0) is 11.3 Å². The molecule has 0 aliphatic carbocycles. The summed E-state index contributed by atoms with van der Waals surface area (Å²) < 4.78 is 4.83. The van der Waals surface area contributed by atoms with Gasteiger partial charge in [0.05, 0.1) is 12.7 Å². The molecule has 0 saturated carbocycles. The van der Waals surface area contributed by atoms with E-state index in [2.05, 4.69) is 20.4 Å². The number of benzene rings is 1. The topological polar surface area (TPSA) is 130 Å². The molecule has 190 valence electrons. The molecule has 2 amide bonds. The number of hydrogen-bond donors (Lipinski definition) is 1. The second-order valence-electron chi connectivity index (χ2n) is 8.87. The smallest absolute Gasteiger partial charge is 0.403 e. The summed E-state index contributed by atoms with van der Waals surface area (Å²) in [5, 5.41) is 12.7. The maximum Gasteiger partial charge on any atom is 0.416 e. The predicted octanol–water partition coefficient (Wildman–Crippen LogP) is 2.38. The van der Waals surface area contributed by atoms with E-state index in [9.17, 15) is 14.4 Å². The highest BCUT2D eigenvalue weighted by Crippen LogP contribution is 2.22. The highest BCUT2D eigenvalue weighted by atomic mass is 35.5. The van der Waals surface area contributed by atoms with Gasteiger partial charge in [-0.05, 0) is 66.7 Å². The number of nitrogens with one attached hydrogen (secondary N) is 1. The van der Waals surface area contributed by atoms with Gasteiger partial charge in [-0.25, -0.2) is 4.79 Å². The first kappa shape index (κ1) is 25.4. The largest absolute Gasteiger partial charge is 0.416 e. The Bertz CT molecular complexity index is 1300. The second kappa shape index (κ2) is 11.3. The quantitative estimate of drug-likeness (QED) is 0.457. The second-order valence-corrected chi connectivity index (χ2v) is 9.31. The minimum Gasteiger partial charge on any atom is -0.403 e. The molecule has 1 aromatic carbocycles. The van der Waals surface area contributed by atoms with Crippen LogP contribution in [0.25, 0.3) is 6.08 Å². The van der Waals surface area contributed by atoms with Gasteiger partial charge in [0.1, 0.15) is 0 Å². The number of aryl methyl sites for hydroxylation is 1. The van der Waals surface area contributed by atoms with Crippen molar-refractivity contribution in [1.29, 1.82) is 0 Å². The van der Waals surface area contributed by atoms with Crippen molar-refractivity contribution in [1.82, 2.24) is 35.0 Å². The van der Waals surface area contributed by atoms with Gasteiger partial charge in [0, 0.05) is 37.8 Å². The third kappa shape index (κ3) is 6.48. The van der Waals surface area contributed by atoms with E-state index in [1.54, 1.807) is 37.1 Å². The van der Waals surface area contributed by atoms with Crippen LogP contribution in [0.3, 0.4) is 0 Å². The van der Waals surface area contributed by atoms with Crippen molar-refractivity contribution in [3.8, 4) is 0 Å². The summed E-state index contributed by atoms with van der Waals surface area (Å²) in [6.45, 7) is 4.03. The van der Waals surface area contributed by atoms with E-state index in [4.69, 9.17) is 16.0 Å². The van der Waals surface area contributed by atoms with Gasteiger partial charge in [0.15, 0.2) is 5.82 Å². The van der Waals surface area contributed by atoms with Crippen LogP contribution in [0.15, 0.2) is 39.7 Å². The van der Waals surface area contributed by atoms with Crippen LogP contribution in [0, 0.1) is 12.8 Å². The number of tetrazole rings is 1. The lowest BCUT2D eigenvalue weighted by molar-refractivity contribution is -0.127. The summed E-state index contributed by atoms with van der Waals surface area (Å²) in [6, 6.07) is 5.49. The number of hydrogen-bond acceptors (Lipinski definition) is 7. The number of aromatic amines is 1. The number of oxazole rings is 1. The maximum atomic E-state index is 12.8. The number of carbonyl (C=O) groups excluding carboxylic acids is 2. The summed E-state index contributed by atoms with van der Waals surface area (Å²) in [5.41, 5.74) is 1.75. The van der Waals surface area contributed by atoms with Crippen LogP contribution < -0.4 is 5.76 Å². The monoisotopic (exact) mass is 513 g/mol. The average Bonchev–Trinajstić information content (AvgIpc) is 3.49. The van der Waals surface area contributed by atoms with Gasteiger partial charge in [-0.15, -0.1) is 10.2 Å². The van der Waals surface area contributed by atoms with Gasteiger partial charge in [-0.1, -0.05) is 17.7 Å². The Labute approximate surface area is 212 Å². The van der Waals surface area contributed by atoms with Crippen LogP contribution in [0.4, 0.5) is 0 Å². The van der Waals surface area contributed by atoms with Gasteiger partial charge < -0.3 is 14.2 Å². The Kier molecular flexibility index (Phi) is 7.99. The number of amides is 2. The third-order valence-electron chi connectivity index (χ3n) is 6.26. The first-order valence-electron chi connectivity index (χ1n) is 11.7. The highest BCUT2D eigenvalue weighted by molar-refractivity contribution is 6.30. The molecule has 0 unspecified atom stereocenters. The first-order valence-corrected chi connectivity index (χ1v) is 12.1. The van der Waals surface area contributed by atoms with Crippen molar-refractivity contribution in [2.45, 2.75) is 32.7 Å². The van der Waals surface area contributed by atoms with Crippen LogP contribution in [0.2, 0.25) is 5.02 Å². The number of nitrogens with zero attached hydrogens (tertiary/aromatic N) is 6. The summed E-state index contributed by atoms with van der Waals surface area (Å²) in [6.07, 6.45) is 7.21. The molecule has 1 aliphatic heterocycles. The molecule has 1 saturated heterocycles. The van der Waals surface area contributed by atoms with Crippen molar-refractivity contribution >= 4 is 29.5 Å². The molecular weight excluding hydrogens is 486 g/mol. The molecule has 1 aliphatic rings. The molecule has 2 aromatic heterocycles. The van der Waals surface area contributed by atoms with Gasteiger partial charge in [-0.3, -0.25) is 14.6 Å². The SMILES string of the molecule is Cc1nnn(Cc2cc(Cl)ccc2C=CC(=O)N2CCC(CCN(C)C(=O)c3c[nH]c(=O)o3)CC2)n1. The molecule has 1 N–H and O–H groups in total. The van der Waals surface area contributed by atoms with E-state index >= 15 is 0 Å². The van der Waals surface area contributed by atoms with Gasteiger partial charge >= 0.3 is 5.76 Å². The number of piperidine rings is 1. The number of aromatic nitrogens is 5. The molecule has 3 heterocycles. The number of halogens is 1. The fourth-order valence-electron chi connectivity index (χ4n) is 4.18. The van der Waals surface area contributed by atoms with E-state index in [0.29, 0.717) is 42.9 Å². The average molecular weight is 514 g/mol. The lowest BCUT2D eigenvalue weighted by Gasteiger charge is -2.32. The Balaban J connectivity index is 1.27. The molecule has 0 bridgehead atoms. The van der Waals surface area contributed by atoms with E-state index in [1.807, 2.05) is 17.0 Å². The maximum absolute atomic E-state index is 12.8. The fraction of sp³-hybridized carbons (Fsp3) is 0.417. The van der Waals surface area contributed by atoms with Crippen LogP contribution >= 0.6 is 11.6 Å². The highest BCUT2D eigenvalue weighted by Gasteiger charge is 2.23. The minimum absolute atomic E-state index is 0.00575. The third-order valence-corrected chi connectivity index (χ3v) is 6.49.